The zero-order chi connectivity index (χ0) is 16.4. The highest BCUT2D eigenvalue weighted by atomic mass is 16.6. The highest BCUT2D eigenvalue weighted by Crippen LogP contribution is 2.13. The number of fused-ring (bicyclic) bond motifs is 1. The van der Waals surface area contributed by atoms with Crippen molar-refractivity contribution < 1.29 is 9.72 Å². The van der Waals surface area contributed by atoms with Crippen LogP contribution in [-0.2, 0) is 6.54 Å². The fraction of sp³-hybridized carbons (Fsp3) is 0.125. The van der Waals surface area contributed by atoms with Gasteiger partial charge in [-0.3, -0.25) is 14.9 Å². The van der Waals surface area contributed by atoms with Crippen LogP contribution in [0.15, 0.2) is 48.7 Å². The molecule has 0 unspecified atom stereocenters. The van der Waals surface area contributed by atoms with Crippen LogP contribution in [0.1, 0.15) is 21.7 Å². The van der Waals surface area contributed by atoms with E-state index in [2.05, 4.69) is 10.3 Å². The molecule has 7 nitrogen and oxygen atoms in total. The van der Waals surface area contributed by atoms with Crippen molar-refractivity contribution in [3.05, 3.63) is 75.7 Å². The van der Waals surface area contributed by atoms with Crippen LogP contribution in [0, 0.1) is 17.0 Å². The number of pyridine rings is 1. The zero-order valence-corrected chi connectivity index (χ0v) is 12.4. The highest BCUT2D eigenvalue weighted by Gasteiger charge is 2.12. The Balaban J connectivity index is 1.75. The van der Waals surface area contributed by atoms with Gasteiger partial charge in [0.15, 0.2) is 0 Å². The van der Waals surface area contributed by atoms with Crippen molar-refractivity contribution in [2.24, 2.45) is 0 Å². The first-order chi connectivity index (χ1) is 11.1. The number of hydrogen-bond donors (Lipinski definition) is 1. The topological polar surface area (TPSA) is 89.5 Å². The van der Waals surface area contributed by atoms with Gasteiger partial charge in [0.25, 0.3) is 11.6 Å². The molecule has 3 aromatic rings. The molecule has 23 heavy (non-hydrogen) atoms. The SMILES string of the molecule is Cc1nc2ccccn2c1CNC(=O)c1ccc([N+](=O)[O-])cc1. The Bertz CT molecular complexity index is 884. The summed E-state index contributed by atoms with van der Waals surface area (Å²) < 4.78 is 1.92. The molecular weight excluding hydrogens is 296 g/mol. The Hall–Kier alpha value is -3.22. The maximum absolute atomic E-state index is 12.2. The molecule has 0 atom stereocenters. The number of hydrogen-bond acceptors (Lipinski definition) is 4. The van der Waals surface area contributed by atoms with Crippen LogP contribution in [0.4, 0.5) is 5.69 Å². The standard InChI is InChI=1S/C16H14N4O3/c1-11-14(19-9-3-2-4-15(19)18-11)10-17-16(21)12-5-7-13(8-6-12)20(22)23/h2-9H,10H2,1H3,(H,17,21). The van der Waals surface area contributed by atoms with Crippen molar-refractivity contribution in [3.8, 4) is 0 Å². The first-order valence-electron chi connectivity index (χ1n) is 7.01. The highest BCUT2D eigenvalue weighted by molar-refractivity contribution is 5.94. The lowest BCUT2D eigenvalue weighted by molar-refractivity contribution is -0.384. The fourth-order valence-corrected chi connectivity index (χ4v) is 2.38. The van der Waals surface area contributed by atoms with E-state index in [4.69, 9.17) is 0 Å². The third-order valence-corrected chi connectivity index (χ3v) is 3.59. The van der Waals surface area contributed by atoms with Gasteiger partial charge < -0.3 is 9.72 Å². The quantitative estimate of drug-likeness (QED) is 0.592. The molecule has 0 aliphatic carbocycles. The summed E-state index contributed by atoms with van der Waals surface area (Å²) in [5, 5.41) is 13.4. The molecule has 116 valence electrons. The normalized spacial score (nSPS) is 10.7. The molecule has 1 amide bonds. The van der Waals surface area contributed by atoms with Gasteiger partial charge in [0, 0.05) is 23.9 Å². The lowest BCUT2D eigenvalue weighted by atomic mass is 10.2. The smallest absolute Gasteiger partial charge is 0.269 e. The van der Waals surface area contributed by atoms with Crippen molar-refractivity contribution in [1.29, 1.82) is 0 Å². The molecule has 0 bridgehead atoms. The van der Waals surface area contributed by atoms with Crippen LogP contribution >= 0.6 is 0 Å². The first-order valence-corrected chi connectivity index (χ1v) is 7.01. The molecule has 3 rings (SSSR count). The third-order valence-electron chi connectivity index (χ3n) is 3.59. The van der Waals surface area contributed by atoms with Gasteiger partial charge >= 0.3 is 0 Å². The van der Waals surface area contributed by atoms with Crippen molar-refractivity contribution >= 4 is 17.2 Å². The van der Waals surface area contributed by atoms with Gasteiger partial charge in [0.2, 0.25) is 0 Å². The van der Waals surface area contributed by atoms with E-state index in [1.165, 1.54) is 24.3 Å². The molecular formula is C16H14N4O3. The largest absolute Gasteiger partial charge is 0.346 e. The molecule has 1 aromatic carbocycles. The summed E-state index contributed by atoms with van der Waals surface area (Å²) in [4.78, 5) is 26.7. The summed E-state index contributed by atoms with van der Waals surface area (Å²) in [5.41, 5.74) is 2.90. The van der Waals surface area contributed by atoms with Gasteiger partial charge in [-0.2, -0.15) is 0 Å². The first kappa shape index (κ1) is 14.7. The number of nitrogens with one attached hydrogen (secondary N) is 1. The number of nitro benzene ring substituents is 1. The van der Waals surface area contributed by atoms with Crippen LogP contribution in [0.5, 0.6) is 0 Å². The van der Waals surface area contributed by atoms with Crippen LogP contribution in [-0.4, -0.2) is 20.2 Å². The number of aryl methyl sites for hydroxylation is 1. The number of carbonyl (C=O) groups excluding carboxylic acids is 1. The second kappa shape index (κ2) is 5.88. The maximum atomic E-state index is 12.2. The van der Waals surface area contributed by atoms with E-state index in [0.29, 0.717) is 12.1 Å². The Morgan fingerprint density at radius 1 is 1.26 bits per heavy atom. The minimum Gasteiger partial charge on any atom is -0.346 e. The predicted octanol–water partition coefficient (Wildman–Crippen LogP) is 2.48. The van der Waals surface area contributed by atoms with Crippen LogP contribution in [0.2, 0.25) is 0 Å². The van der Waals surface area contributed by atoms with E-state index in [9.17, 15) is 14.9 Å². The summed E-state index contributed by atoms with van der Waals surface area (Å²) in [6.07, 6.45) is 1.89. The van der Waals surface area contributed by atoms with Crippen molar-refractivity contribution in [2.75, 3.05) is 0 Å². The van der Waals surface area contributed by atoms with Gasteiger partial charge in [-0.15, -0.1) is 0 Å². The van der Waals surface area contributed by atoms with Crippen molar-refractivity contribution in [2.45, 2.75) is 13.5 Å². The van der Waals surface area contributed by atoms with E-state index in [1.807, 2.05) is 35.7 Å². The Kier molecular flexibility index (Phi) is 3.76. The van der Waals surface area contributed by atoms with Gasteiger partial charge in [-0.25, -0.2) is 4.98 Å². The molecule has 7 heteroatoms. The molecule has 0 spiro atoms. The number of nitro groups is 1. The number of imidazole rings is 1. The Morgan fingerprint density at radius 2 is 2.00 bits per heavy atom. The summed E-state index contributed by atoms with van der Waals surface area (Å²) in [6.45, 7) is 2.22. The van der Waals surface area contributed by atoms with E-state index in [1.54, 1.807) is 0 Å². The van der Waals surface area contributed by atoms with E-state index >= 15 is 0 Å². The molecule has 2 aromatic heterocycles. The Morgan fingerprint density at radius 3 is 2.70 bits per heavy atom. The molecule has 0 radical (unpaired) electrons. The fourth-order valence-electron chi connectivity index (χ4n) is 2.38. The molecule has 1 N–H and O–H groups in total. The summed E-state index contributed by atoms with van der Waals surface area (Å²) in [6, 6.07) is 11.2. The van der Waals surface area contributed by atoms with Gasteiger partial charge in [0.1, 0.15) is 5.65 Å². The van der Waals surface area contributed by atoms with Crippen molar-refractivity contribution in [1.82, 2.24) is 14.7 Å². The third kappa shape index (κ3) is 2.89. The molecule has 0 saturated heterocycles. The second-order valence-corrected chi connectivity index (χ2v) is 5.06. The van der Waals surface area contributed by atoms with Crippen LogP contribution in [0.3, 0.4) is 0 Å². The monoisotopic (exact) mass is 310 g/mol. The van der Waals surface area contributed by atoms with Crippen molar-refractivity contribution in [3.63, 3.8) is 0 Å². The average molecular weight is 310 g/mol. The zero-order valence-electron chi connectivity index (χ0n) is 12.4. The molecule has 0 saturated carbocycles. The van der Waals surface area contributed by atoms with E-state index in [-0.39, 0.29) is 11.6 Å². The summed E-state index contributed by atoms with van der Waals surface area (Å²) >= 11 is 0. The second-order valence-electron chi connectivity index (χ2n) is 5.06. The summed E-state index contributed by atoms with van der Waals surface area (Å²) in [7, 11) is 0. The van der Waals surface area contributed by atoms with Gasteiger partial charge in [-0.1, -0.05) is 6.07 Å². The maximum Gasteiger partial charge on any atom is 0.269 e. The number of amides is 1. The minimum absolute atomic E-state index is 0.0424. The lowest BCUT2D eigenvalue weighted by Crippen LogP contribution is -2.23. The minimum atomic E-state index is -0.497. The number of carbonyl (C=O) groups is 1. The lowest BCUT2D eigenvalue weighted by Gasteiger charge is -2.06. The van der Waals surface area contributed by atoms with E-state index in [0.717, 1.165) is 17.0 Å². The van der Waals surface area contributed by atoms with Crippen LogP contribution < -0.4 is 5.32 Å². The number of aromatic nitrogens is 2. The summed E-state index contributed by atoms with van der Waals surface area (Å²) in [5.74, 6) is -0.287. The van der Waals surface area contributed by atoms with Crippen LogP contribution in [0.25, 0.3) is 5.65 Å². The predicted molar refractivity (Wildman–Crippen MR) is 84.2 cm³/mol. The molecule has 0 aliphatic heterocycles. The average Bonchev–Trinajstić information content (AvgIpc) is 2.88. The number of benzene rings is 1. The van der Waals surface area contributed by atoms with Gasteiger partial charge in [0.05, 0.1) is 22.9 Å². The Labute approximate surface area is 131 Å². The molecule has 2 heterocycles. The van der Waals surface area contributed by atoms with Gasteiger partial charge in [-0.05, 0) is 31.2 Å². The number of nitrogens with zero attached hydrogens (tertiary/aromatic N) is 3. The molecule has 0 aliphatic rings. The number of non-ortho nitro benzene ring substituents is 1. The number of rotatable bonds is 4. The van der Waals surface area contributed by atoms with E-state index < -0.39 is 4.92 Å². The molecule has 0 fully saturated rings.